The fraction of sp³-hybridized carbons (Fsp3) is 0.727. The van der Waals surface area contributed by atoms with E-state index in [9.17, 15) is 4.79 Å². The molecule has 0 bridgehead atoms. The molecule has 0 spiro atoms. The number of carbonyl (C=O) groups excluding carboxylic acids is 1. The molecule has 1 aromatic rings. The number of carbonyl (C=O) groups is 1. The number of hydrogen-bond acceptors (Lipinski definition) is 6. The number of nitrogens with one attached hydrogen (secondary N) is 2. The topological polar surface area (TPSA) is 147 Å². The maximum absolute atomic E-state index is 10.8. The van der Waals surface area contributed by atoms with Crippen molar-refractivity contribution in [1.29, 1.82) is 0 Å². The van der Waals surface area contributed by atoms with E-state index >= 15 is 0 Å². The van der Waals surface area contributed by atoms with E-state index in [0.717, 1.165) is 19.4 Å². The summed E-state index contributed by atoms with van der Waals surface area (Å²) in [7, 11) is 0. The third-order valence-electron chi connectivity index (χ3n) is 2.18. The van der Waals surface area contributed by atoms with Gasteiger partial charge < -0.3 is 11.5 Å². The van der Waals surface area contributed by atoms with Crippen molar-refractivity contribution >= 4 is 11.7 Å². The molecular weight excluding hydrogens is 260 g/mol. The van der Waals surface area contributed by atoms with Crippen LogP contribution in [0.15, 0.2) is 10.3 Å². The van der Waals surface area contributed by atoms with Gasteiger partial charge in [0.2, 0.25) is 5.82 Å². The summed E-state index contributed by atoms with van der Waals surface area (Å²) >= 11 is 0. The molecule has 114 valence electrons. The third kappa shape index (κ3) is 8.14. The Morgan fingerprint density at radius 2 is 2.00 bits per heavy atom. The first-order valence-corrected chi connectivity index (χ1v) is 6.70. The highest BCUT2D eigenvalue weighted by Crippen LogP contribution is 2.06. The molecule has 0 aliphatic carbocycles. The Balaban J connectivity index is 0.000000621. The fourth-order valence-electron chi connectivity index (χ4n) is 1.05. The molecule has 20 heavy (non-hydrogen) atoms. The third-order valence-corrected chi connectivity index (χ3v) is 2.18. The van der Waals surface area contributed by atoms with Crippen molar-refractivity contribution in [1.82, 2.24) is 15.4 Å². The smallest absolute Gasteiger partial charge is 0.273 e. The van der Waals surface area contributed by atoms with Crippen molar-refractivity contribution in [3.05, 3.63) is 5.69 Å². The molecule has 1 amide bonds. The first-order valence-electron chi connectivity index (χ1n) is 6.70. The quantitative estimate of drug-likeness (QED) is 0.322. The molecule has 0 aliphatic rings. The number of rotatable bonds is 8. The van der Waals surface area contributed by atoms with Crippen molar-refractivity contribution in [3.63, 3.8) is 0 Å². The zero-order chi connectivity index (χ0) is 15.2. The summed E-state index contributed by atoms with van der Waals surface area (Å²) in [6, 6.07) is 0. The minimum Gasteiger partial charge on any atom is -0.364 e. The van der Waals surface area contributed by atoms with Crippen molar-refractivity contribution in [2.45, 2.75) is 39.5 Å². The van der Waals surface area contributed by atoms with E-state index in [2.05, 4.69) is 45.0 Å². The van der Waals surface area contributed by atoms with E-state index in [1.807, 2.05) is 0 Å². The Morgan fingerprint density at radius 3 is 2.50 bits per heavy atom. The Bertz CT molecular complexity index is 388. The number of anilines is 1. The largest absolute Gasteiger partial charge is 0.364 e. The lowest BCUT2D eigenvalue weighted by atomic mass is 10.3. The van der Waals surface area contributed by atoms with E-state index in [1.165, 1.54) is 12.8 Å². The van der Waals surface area contributed by atoms with Gasteiger partial charge in [-0.3, -0.25) is 4.79 Å². The normalized spacial score (nSPS) is 10.2. The lowest BCUT2D eigenvalue weighted by Gasteiger charge is -1.93. The van der Waals surface area contributed by atoms with Gasteiger partial charge in [0.05, 0.1) is 6.54 Å². The summed E-state index contributed by atoms with van der Waals surface area (Å²) in [4.78, 5) is 10.8. The summed E-state index contributed by atoms with van der Waals surface area (Å²) in [6.07, 6.45) is 4.40. The van der Waals surface area contributed by atoms with E-state index in [1.54, 1.807) is 0 Å². The zero-order valence-corrected chi connectivity index (χ0v) is 12.1. The molecule has 0 saturated heterocycles. The molecule has 1 aromatic heterocycles. The molecule has 6 N–H and O–H groups in total. The number of unbranched alkanes of at least 4 members (excludes halogenated alkanes) is 2. The summed E-state index contributed by atoms with van der Waals surface area (Å²) in [5.41, 5.74) is 12.7. The number of aromatic amines is 1. The predicted molar refractivity (Wildman–Crippen MR) is 77.1 cm³/mol. The van der Waals surface area contributed by atoms with E-state index in [0.29, 0.717) is 6.54 Å². The van der Waals surface area contributed by atoms with Gasteiger partial charge in [-0.05, 0) is 19.4 Å². The van der Waals surface area contributed by atoms with Crippen LogP contribution in [0.5, 0.6) is 0 Å². The van der Waals surface area contributed by atoms with Crippen LogP contribution in [0.2, 0.25) is 0 Å². The van der Waals surface area contributed by atoms with Crippen molar-refractivity contribution in [2.24, 2.45) is 21.8 Å². The number of amides is 1. The highest BCUT2D eigenvalue weighted by molar-refractivity contribution is 5.95. The molecule has 9 nitrogen and oxygen atoms in total. The number of nitrogens with two attached hydrogens (primary N) is 2. The van der Waals surface area contributed by atoms with E-state index in [-0.39, 0.29) is 11.5 Å². The first kappa shape index (κ1) is 18.0. The van der Waals surface area contributed by atoms with E-state index in [4.69, 9.17) is 11.5 Å². The fourth-order valence-corrected chi connectivity index (χ4v) is 1.05. The molecule has 0 unspecified atom stereocenters. The van der Waals surface area contributed by atoms with Gasteiger partial charge in [0.15, 0.2) is 5.69 Å². The highest BCUT2D eigenvalue weighted by atomic mass is 16.1. The van der Waals surface area contributed by atoms with Gasteiger partial charge in [-0.1, -0.05) is 31.9 Å². The minimum absolute atomic E-state index is 0.0180. The molecule has 0 aliphatic heterocycles. The second-order valence-electron chi connectivity index (χ2n) is 3.96. The summed E-state index contributed by atoms with van der Waals surface area (Å²) < 4.78 is 0. The average Bonchev–Trinajstić information content (AvgIpc) is 2.89. The number of nitrogens with zero attached hydrogens (tertiary/aromatic N) is 4. The standard InChI is InChI=1S/C7H13N7O.C4H11N/c1-2-3-4-9-13-11-7-5(6(8)15)10-14-12-7;1-2-3-4-5/h2-4H2,1H3,(H2,8,15)(H2,9,10,11,12,14);2-5H2,1H3. The molecule has 0 saturated carbocycles. The Labute approximate surface area is 118 Å². The molecule has 0 radical (unpaired) electrons. The first-order chi connectivity index (χ1) is 9.67. The number of primary amides is 1. The Morgan fingerprint density at radius 1 is 1.30 bits per heavy atom. The van der Waals surface area contributed by atoms with Crippen LogP contribution in [-0.4, -0.2) is 34.4 Å². The molecule has 1 heterocycles. The highest BCUT2D eigenvalue weighted by Gasteiger charge is 2.11. The van der Waals surface area contributed by atoms with Gasteiger partial charge in [0.1, 0.15) is 0 Å². The van der Waals surface area contributed by atoms with Crippen LogP contribution < -0.4 is 16.9 Å². The van der Waals surface area contributed by atoms with Crippen LogP contribution >= 0.6 is 0 Å². The predicted octanol–water partition coefficient (Wildman–Crippen LogP) is 1.23. The second kappa shape index (κ2) is 12.0. The Kier molecular flexibility index (Phi) is 10.8. The maximum Gasteiger partial charge on any atom is 0.273 e. The summed E-state index contributed by atoms with van der Waals surface area (Å²) in [5.74, 6) is -0.488. The lowest BCUT2D eigenvalue weighted by molar-refractivity contribution is 0.0996. The van der Waals surface area contributed by atoms with Gasteiger partial charge in [0, 0.05) is 0 Å². The van der Waals surface area contributed by atoms with Crippen LogP contribution in [0.3, 0.4) is 0 Å². The van der Waals surface area contributed by atoms with Crippen LogP contribution in [-0.2, 0) is 0 Å². The average molecular weight is 284 g/mol. The molecule has 0 atom stereocenters. The molecular formula is C11H24N8O. The molecule has 0 fully saturated rings. The van der Waals surface area contributed by atoms with Gasteiger partial charge in [0.25, 0.3) is 5.91 Å². The number of aromatic nitrogens is 3. The maximum atomic E-state index is 10.8. The van der Waals surface area contributed by atoms with Crippen LogP contribution in [0.1, 0.15) is 50.0 Å². The number of H-pyrrole nitrogens is 1. The monoisotopic (exact) mass is 284 g/mol. The summed E-state index contributed by atoms with van der Waals surface area (Å²) in [5, 5.41) is 16.9. The molecule has 0 aromatic carbocycles. The molecule has 9 heteroatoms. The SMILES string of the molecule is CCCCN.CCCCN=NNc1n[nH]nc1C(N)=O. The zero-order valence-electron chi connectivity index (χ0n) is 12.1. The van der Waals surface area contributed by atoms with Gasteiger partial charge >= 0.3 is 0 Å². The van der Waals surface area contributed by atoms with Crippen molar-refractivity contribution in [3.8, 4) is 0 Å². The van der Waals surface area contributed by atoms with Crippen molar-refractivity contribution in [2.75, 3.05) is 18.5 Å². The molecule has 1 rings (SSSR count). The van der Waals surface area contributed by atoms with Gasteiger partial charge in [-0.25, -0.2) is 5.43 Å². The Hall–Kier alpha value is -2.03. The van der Waals surface area contributed by atoms with Gasteiger partial charge in [-0.15, -0.1) is 10.2 Å². The number of hydrogen-bond donors (Lipinski definition) is 4. The second-order valence-corrected chi connectivity index (χ2v) is 3.96. The lowest BCUT2D eigenvalue weighted by Crippen LogP contribution is -2.13. The summed E-state index contributed by atoms with van der Waals surface area (Å²) in [6.45, 7) is 5.67. The van der Waals surface area contributed by atoms with Gasteiger partial charge in [-0.2, -0.15) is 10.3 Å². The van der Waals surface area contributed by atoms with Crippen molar-refractivity contribution < 1.29 is 4.79 Å². The minimum atomic E-state index is -0.671. The van der Waals surface area contributed by atoms with Crippen LogP contribution in [0.4, 0.5) is 5.82 Å². The van der Waals surface area contributed by atoms with Crippen LogP contribution in [0.25, 0.3) is 0 Å². The van der Waals surface area contributed by atoms with Crippen LogP contribution in [0, 0.1) is 0 Å². The van der Waals surface area contributed by atoms with E-state index < -0.39 is 5.91 Å².